The number of piperazine rings is 1. The Morgan fingerprint density at radius 2 is 2.00 bits per heavy atom. The fourth-order valence-electron chi connectivity index (χ4n) is 2.33. The van der Waals surface area contributed by atoms with Gasteiger partial charge in [-0.05, 0) is 17.7 Å². The molecule has 0 unspecified atom stereocenters. The molecule has 1 amide bonds. The Balaban J connectivity index is 1.57. The Bertz CT molecular complexity index is 666. The zero-order valence-corrected chi connectivity index (χ0v) is 13.4. The highest BCUT2D eigenvalue weighted by Gasteiger charge is 2.20. The zero-order valence-electron chi connectivity index (χ0n) is 11.9. The van der Waals surface area contributed by atoms with Gasteiger partial charge in [0.15, 0.2) is 5.82 Å². The number of nitrogens with zero attached hydrogens (tertiary/aromatic N) is 4. The molecular weight excluding hydrogens is 320 g/mol. The molecule has 1 aliphatic heterocycles. The van der Waals surface area contributed by atoms with Crippen molar-refractivity contribution in [3.8, 4) is 0 Å². The average molecular weight is 335 g/mol. The lowest BCUT2D eigenvalue weighted by atomic mass is 10.2. The van der Waals surface area contributed by atoms with Crippen LogP contribution >= 0.6 is 23.3 Å². The molecule has 0 bridgehead atoms. The summed E-state index contributed by atoms with van der Waals surface area (Å²) in [6, 6.07) is 7.47. The first kappa shape index (κ1) is 15.0. The third-order valence-corrected chi connectivity index (χ3v) is 4.39. The molecule has 114 valence electrons. The molecule has 1 fully saturated rings. The summed E-state index contributed by atoms with van der Waals surface area (Å²) in [5.74, 6) is 0.902. The summed E-state index contributed by atoms with van der Waals surface area (Å²) in [7, 11) is 0. The van der Waals surface area contributed by atoms with Crippen LogP contribution in [0.2, 0.25) is 5.02 Å². The van der Waals surface area contributed by atoms with Crippen molar-refractivity contribution in [2.24, 2.45) is 0 Å². The molecule has 2 heterocycles. The fraction of sp³-hybridized carbons (Fsp3) is 0.267. The van der Waals surface area contributed by atoms with Crippen LogP contribution in [-0.2, 0) is 4.79 Å². The van der Waals surface area contributed by atoms with Gasteiger partial charge in [0.25, 0.3) is 0 Å². The van der Waals surface area contributed by atoms with Gasteiger partial charge in [-0.1, -0.05) is 29.8 Å². The van der Waals surface area contributed by atoms with Crippen molar-refractivity contribution in [1.29, 1.82) is 0 Å². The van der Waals surface area contributed by atoms with Gasteiger partial charge in [0, 0.05) is 37.3 Å². The minimum atomic E-state index is 0.0102. The monoisotopic (exact) mass is 334 g/mol. The van der Waals surface area contributed by atoms with E-state index >= 15 is 0 Å². The third-order valence-electron chi connectivity index (χ3n) is 3.58. The Labute approximate surface area is 138 Å². The fourth-order valence-corrected chi connectivity index (χ4v) is 2.97. The first-order chi connectivity index (χ1) is 10.7. The van der Waals surface area contributed by atoms with Gasteiger partial charge in [-0.2, -0.15) is 8.75 Å². The summed E-state index contributed by atoms with van der Waals surface area (Å²) in [6.45, 7) is 2.92. The van der Waals surface area contributed by atoms with E-state index in [1.807, 2.05) is 29.2 Å². The topological polar surface area (TPSA) is 49.3 Å². The molecule has 7 heteroatoms. The quantitative estimate of drug-likeness (QED) is 0.809. The number of halogens is 1. The lowest BCUT2D eigenvalue weighted by Gasteiger charge is -2.34. The Morgan fingerprint density at radius 1 is 1.23 bits per heavy atom. The van der Waals surface area contributed by atoms with Gasteiger partial charge in [0.05, 0.1) is 17.9 Å². The molecule has 0 N–H and O–H groups in total. The van der Waals surface area contributed by atoms with E-state index in [9.17, 15) is 4.79 Å². The summed E-state index contributed by atoms with van der Waals surface area (Å²) in [6.07, 6.45) is 5.11. The van der Waals surface area contributed by atoms with Gasteiger partial charge in [0.1, 0.15) is 0 Å². The van der Waals surface area contributed by atoms with Crippen LogP contribution in [0, 0.1) is 0 Å². The summed E-state index contributed by atoms with van der Waals surface area (Å²) in [5.41, 5.74) is 0.852. The van der Waals surface area contributed by atoms with Crippen LogP contribution < -0.4 is 4.90 Å². The van der Waals surface area contributed by atoms with Crippen LogP contribution in [0.5, 0.6) is 0 Å². The van der Waals surface area contributed by atoms with Gasteiger partial charge >= 0.3 is 0 Å². The van der Waals surface area contributed by atoms with Gasteiger partial charge in [-0.3, -0.25) is 4.79 Å². The predicted molar refractivity (Wildman–Crippen MR) is 89.2 cm³/mol. The van der Waals surface area contributed by atoms with Crippen LogP contribution in [0.1, 0.15) is 5.56 Å². The molecule has 0 radical (unpaired) electrons. The number of anilines is 1. The lowest BCUT2D eigenvalue weighted by molar-refractivity contribution is -0.126. The Hall–Kier alpha value is -1.92. The van der Waals surface area contributed by atoms with Crippen molar-refractivity contribution < 1.29 is 4.79 Å². The zero-order chi connectivity index (χ0) is 15.4. The molecule has 0 spiro atoms. The van der Waals surface area contributed by atoms with E-state index in [1.54, 1.807) is 18.3 Å². The van der Waals surface area contributed by atoms with Crippen LogP contribution in [0.3, 0.4) is 0 Å². The van der Waals surface area contributed by atoms with E-state index in [2.05, 4.69) is 13.6 Å². The SMILES string of the molecule is O=C(/C=C/c1ccccc1Cl)N1CCN(c2cnsn2)CC1. The number of rotatable bonds is 3. The van der Waals surface area contributed by atoms with Crippen LogP contribution in [-0.4, -0.2) is 45.7 Å². The number of carbonyl (C=O) groups excluding carboxylic acids is 1. The molecule has 0 aliphatic carbocycles. The normalized spacial score (nSPS) is 15.5. The number of amides is 1. The molecule has 0 atom stereocenters. The average Bonchev–Trinajstić information content (AvgIpc) is 3.08. The van der Waals surface area contributed by atoms with E-state index in [-0.39, 0.29) is 5.91 Å². The lowest BCUT2D eigenvalue weighted by Crippen LogP contribution is -2.48. The minimum absolute atomic E-state index is 0.0102. The molecule has 5 nitrogen and oxygen atoms in total. The number of carbonyl (C=O) groups is 1. The second-order valence-electron chi connectivity index (χ2n) is 4.93. The molecule has 1 saturated heterocycles. The van der Waals surface area contributed by atoms with Crippen molar-refractivity contribution in [3.05, 3.63) is 47.1 Å². The Kier molecular flexibility index (Phi) is 4.70. The van der Waals surface area contributed by atoms with E-state index in [1.165, 1.54) is 11.7 Å². The van der Waals surface area contributed by atoms with Gasteiger partial charge in [0.2, 0.25) is 5.91 Å². The minimum Gasteiger partial charge on any atom is -0.351 e. The van der Waals surface area contributed by atoms with E-state index in [4.69, 9.17) is 11.6 Å². The summed E-state index contributed by atoms with van der Waals surface area (Å²) < 4.78 is 8.23. The molecule has 1 aromatic heterocycles. The molecule has 22 heavy (non-hydrogen) atoms. The second kappa shape index (κ2) is 6.89. The maximum Gasteiger partial charge on any atom is 0.246 e. The van der Waals surface area contributed by atoms with Crippen LogP contribution in [0.15, 0.2) is 36.5 Å². The largest absolute Gasteiger partial charge is 0.351 e. The maximum atomic E-state index is 12.2. The van der Waals surface area contributed by atoms with Gasteiger partial charge in [-0.25, -0.2) is 0 Å². The van der Waals surface area contributed by atoms with Crippen molar-refractivity contribution in [2.75, 3.05) is 31.1 Å². The van der Waals surface area contributed by atoms with Crippen molar-refractivity contribution in [1.82, 2.24) is 13.6 Å². The maximum absolute atomic E-state index is 12.2. The highest BCUT2D eigenvalue weighted by molar-refractivity contribution is 6.99. The van der Waals surface area contributed by atoms with E-state index in [0.29, 0.717) is 18.1 Å². The van der Waals surface area contributed by atoms with Crippen molar-refractivity contribution >= 4 is 41.1 Å². The standard InChI is InChI=1S/C15H15ClN4OS/c16-13-4-2-1-3-12(13)5-6-15(21)20-9-7-19(8-10-20)14-11-17-22-18-14/h1-6,11H,7-10H2/b6-5+. The van der Waals surface area contributed by atoms with E-state index in [0.717, 1.165) is 24.5 Å². The first-order valence-corrected chi connectivity index (χ1v) is 8.09. The van der Waals surface area contributed by atoms with Gasteiger partial charge < -0.3 is 9.80 Å². The predicted octanol–water partition coefficient (Wildman–Crippen LogP) is 2.55. The number of benzene rings is 1. The third kappa shape index (κ3) is 3.45. The van der Waals surface area contributed by atoms with Crippen molar-refractivity contribution in [3.63, 3.8) is 0 Å². The highest BCUT2D eigenvalue weighted by Crippen LogP contribution is 2.17. The summed E-state index contributed by atoms with van der Waals surface area (Å²) in [4.78, 5) is 16.2. The van der Waals surface area contributed by atoms with E-state index < -0.39 is 0 Å². The molecule has 0 saturated carbocycles. The number of hydrogen-bond acceptors (Lipinski definition) is 5. The van der Waals surface area contributed by atoms with Crippen LogP contribution in [0.4, 0.5) is 5.82 Å². The second-order valence-corrected chi connectivity index (χ2v) is 5.90. The molecule has 2 aromatic rings. The highest BCUT2D eigenvalue weighted by atomic mass is 35.5. The van der Waals surface area contributed by atoms with Crippen molar-refractivity contribution in [2.45, 2.75) is 0 Å². The summed E-state index contributed by atoms with van der Waals surface area (Å²) >= 11 is 7.28. The molecule has 1 aromatic carbocycles. The summed E-state index contributed by atoms with van der Waals surface area (Å²) in [5, 5.41) is 0.646. The smallest absolute Gasteiger partial charge is 0.246 e. The Morgan fingerprint density at radius 3 is 2.68 bits per heavy atom. The number of hydrogen-bond donors (Lipinski definition) is 0. The molecule has 3 rings (SSSR count). The molecular formula is C15H15ClN4OS. The number of aromatic nitrogens is 2. The first-order valence-electron chi connectivity index (χ1n) is 6.98. The van der Waals surface area contributed by atoms with Gasteiger partial charge in [-0.15, -0.1) is 0 Å². The molecule has 1 aliphatic rings. The van der Waals surface area contributed by atoms with Crippen LogP contribution in [0.25, 0.3) is 6.08 Å².